The van der Waals surface area contributed by atoms with Crippen LogP contribution in [0.25, 0.3) is 16.5 Å². The lowest BCUT2D eigenvalue weighted by Gasteiger charge is -2.23. The van der Waals surface area contributed by atoms with Gasteiger partial charge in [0.25, 0.3) is 11.7 Å². The van der Waals surface area contributed by atoms with Gasteiger partial charge in [0, 0.05) is 11.3 Å². The SMILES string of the molecule is CC(C)Oc1ccc(N2C(=O)C(=O)/C(=C(\O)c3ccc4ccccc4c3)C2c2ccco2)cc1. The first-order chi connectivity index (χ1) is 16.4. The number of anilines is 1. The lowest BCUT2D eigenvalue weighted by molar-refractivity contribution is -0.132. The molecule has 4 aromatic rings. The van der Waals surface area contributed by atoms with Gasteiger partial charge in [-0.1, -0.05) is 36.4 Å². The Kier molecular flexibility index (Phi) is 5.42. The average Bonchev–Trinajstić information content (AvgIpc) is 3.45. The normalized spacial score (nSPS) is 17.6. The number of ether oxygens (including phenoxy) is 1. The second-order valence-electron chi connectivity index (χ2n) is 8.41. The van der Waals surface area contributed by atoms with E-state index in [1.165, 1.54) is 11.2 Å². The Labute approximate surface area is 196 Å². The highest BCUT2D eigenvalue weighted by Gasteiger charge is 2.48. The Morgan fingerprint density at radius 1 is 0.941 bits per heavy atom. The van der Waals surface area contributed by atoms with Gasteiger partial charge in [0.05, 0.1) is 17.9 Å². The van der Waals surface area contributed by atoms with Gasteiger partial charge in [-0.3, -0.25) is 14.5 Å². The van der Waals surface area contributed by atoms with Crippen molar-refractivity contribution in [3.05, 3.63) is 102 Å². The van der Waals surface area contributed by atoms with E-state index >= 15 is 0 Å². The van der Waals surface area contributed by atoms with Gasteiger partial charge < -0.3 is 14.3 Å². The molecule has 1 fully saturated rings. The summed E-state index contributed by atoms with van der Waals surface area (Å²) in [4.78, 5) is 27.8. The van der Waals surface area contributed by atoms with Crippen molar-refractivity contribution < 1.29 is 23.8 Å². The molecule has 1 unspecified atom stereocenters. The number of hydrogen-bond donors (Lipinski definition) is 1. The van der Waals surface area contributed by atoms with E-state index in [4.69, 9.17) is 9.15 Å². The maximum absolute atomic E-state index is 13.2. The smallest absolute Gasteiger partial charge is 0.300 e. The molecule has 1 aromatic heterocycles. The molecule has 0 saturated carbocycles. The van der Waals surface area contributed by atoms with E-state index in [1.54, 1.807) is 48.5 Å². The van der Waals surface area contributed by atoms with Crippen LogP contribution in [0.5, 0.6) is 5.75 Å². The fraction of sp³-hybridized carbons (Fsp3) is 0.143. The number of nitrogens with zero attached hydrogens (tertiary/aromatic N) is 1. The third-order valence-corrected chi connectivity index (χ3v) is 5.77. The summed E-state index contributed by atoms with van der Waals surface area (Å²) in [6, 6.07) is 22.5. The van der Waals surface area contributed by atoms with E-state index in [1.807, 2.05) is 44.2 Å². The molecule has 1 N–H and O–H groups in total. The maximum atomic E-state index is 13.2. The van der Waals surface area contributed by atoms with E-state index in [9.17, 15) is 14.7 Å². The Morgan fingerprint density at radius 3 is 2.35 bits per heavy atom. The molecule has 0 radical (unpaired) electrons. The van der Waals surface area contributed by atoms with E-state index in [0.29, 0.717) is 22.8 Å². The van der Waals surface area contributed by atoms with Gasteiger partial charge in [-0.25, -0.2) is 0 Å². The van der Waals surface area contributed by atoms with Crippen molar-refractivity contribution >= 4 is 33.9 Å². The van der Waals surface area contributed by atoms with E-state index in [-0.39, 0.29) is 17.4 Å². The van der Waals surface area contributed by atoms with Crippen LogP contribution in [0.15, 0.2) is 95.1 Å². The second-order valence-corrected chi connectivity index (χ2v) is 8.41. The highest BCUT2D eigenvalue weighted by Crippen LogP contribution is 2.42. The fourth-order valence-corrected chi connectivity index (χ4v) is 4.26. The average molecular weight is 453 g/mol. The maximum Gasteiger partial charge on any atom is 0.300 e. The van der Waals surface area contributed by atoms with Crippen LogP contribution in [-0.4, -0.2) is 22.9 Å². The highest BCUT2D eigenvalue weighted by atomic mass is 16.5. The summed E-state index contributed by atoms with van der Waals surface area (Å²) in [5, 5.41) is 13.2. The molecule has 1 amide bonds. The lowest BCUT2D eigenvalue weighted by atomic mass is 9.97. The van der Waals surface area contributed by atoms with Gasteiger partial charge in [-0.2, -0.15) is 0 Å². The summed E-state index contributed by atoms with van der Waals surface area (Å²) in [6.45, 7) is 3.85. The Bertz CT molecular complexity index is 1400. The zero-order valence-electron chi connectivity index (χ0n) is 18.8. The molecule has 1 atom stereocenters. The molecule has 170 valence electrons. The van der Waals surface area contributed by atoms with Crippen LogP contribution in [-0.2, 0) is 9.59 Å². The number of rotatable bonds is 5. The first-order valence-corrected chi connectivity index (χ1v) is 11.0. The predicted molar refractivity (Wildman–Crippen MR) is 130 cm³/mol. The van der Waals surface area contributed by atoms with Crippen LogP contribution >= 0.6 is 0 Å². The molecule has 1 saturated heterocycles. The minimum atomic E-state index is -0.904. The third kappa shape index (κ3) is 3.73. The summed E-state index contributed by atoms with van der Waals surface area (Å²) in [6.07, 6.45) is 1.48. The molecule has 5 rings (SSSR count). The van der Waals surface area contributed by atoms with Crippen molar-refractivity contribution in [3.63, 3.8) is 0 Å². The largest absolute Gasteiger partial charge is 0.507 e. The first-order valence-electron chi connectivity index (χ1n) is 11.0. The molecule has 6 heteroatoms. The summed E-state index contributed by atoms with van der Waals surface area (Å²) >= 11 is 0. The van der Waals surface area contributed by atoms with Crippen LogP contribution in [0.3, 0.4) is 0 Å². The zero-order chi connectivity index (χ0) is 23.8. The van der Waals surface area contributed by atoms with E-state index in [0.717, 1.165) is 10.8 Å². The van der Waals surface area contributed by atoms with Crippen LogP contribution in [0, 0.1) is 0 Å². The van der Waals surface area contributed by atoms with Crippen molar-refractivity contribution in [2.45, 2.75) is 26.0 Å². The molecule has 0 aliphatic carbocycles. The molecule has 34 heavy (non-hydrogen) atoms. The number of carbonyl (C=O) groups is 2. The number of Topliss-reactive ketones (excluding diaryl/α,β-unsaturated/α-hetero) is 1. The number of amides is 1. The van der Waals surface area contributed by atoms with Crippen molar-refractivity contribution in [1.29, 1.82) is 0 Å². The molecule has 3 aromatic carbocycles. The van der Waals surface area contributed by atoms with Crippen molar-refractivity contribution in [1.82, 2.24) is 0 Å². The highest BCUT2D eigenvalue weighted by molar-refractivity contribution is 6.51. The monoisotopic (exact) mass is 453 g/mol. The number of furan rings is 1. The Hall–Kier alpha value is -4.32. The summed E-state index contributed by atoms with van der Waals surface area (Å²) in [7, 11) is 0. The van der Waals surface area contributed by atoms with Crippen LogP contribution in [0.2, 0.25) is 0 Å². The summed E-state index contributed by atoms with van der Waals surface area (Å²) in [5.74, 6) is -0.714. The number of hydrogen-bond acceptors (Lipinski definition) is 5. The molecule has 1 aliphatic rings. The molecule has 6 nitrogen and oxygen atoms in total. The molecule has 0 spiro atoms. The van der Waals surface area contributed by atoms with Crippen molar-refractivity contribution in [2.24, 2.45) is 0 Å². The van der Waals surface area contributed by atoms with Crippen LogP contribution < -0.4 is 9.64 Å². The summed E-state index contributed by atoms with van der Waals surface area (Å²) < 4.78 is 11.3. The second kappa shape index (κ2) is 8.56. The Morgan fingerprint density at radius 2 is 1.68 bits per heavy atom. The third-order valence-electron chi connectivity index (χ3n) is 5.77. The van der Waals surface area contributed by atoms with Crippen molar-refractivity contribution in [3.8, 4) is 5.75 Å². The fourth-order valence-electron chi connectivity index (χ4n) is 4.26. The first kappa shape index (κ1) is 21.5. The Balaban J connectivity index is 1.63. The number of aliphatic hydroxyl groups is 1. The number of ketones is 1. The number of benzene rings is 3. The van der Waals surface area contributed by atoms with Crippen molar-refractivity contribution in [2.75, 3.05) is 4.90 Å². The van der Waals surface area contributed by atoms with E-state index in [2.05, 4.69) is 0 Å². The zero-order valence-corrected chi connectivity index (χ0v) is 18.8. The standard InChI is InChI=1S/C28H23NO5/c1-17(2)34-22-13-11-21(12-14-22)29-25(23-8-5-15-33-23)24(27(31)28(29)32)26(30)20-10-9-18-6-3-4-7-19(18)16-20/h3-17,25,30H,1-2H3/b26-24-. The number of aliphatic hydroxyl groups excluding tert-OH is 1. The molecule has 1 aliphatic heterocycles. The van der Waals surface area contributed by atoms with E-state index < -0.39 is 17.7 Å². The lowest BCUT2D eigenvalue weighted by Crippen LogP contribution is -2.29. The minimum absolute atomic E-state index is 0.00477. The van der Waals surface area contributed by atoms with Gasteiger partial charge in [0.1, 0.15) is 23.3 Å². The van der Waals surface area contributed by atoms with Gasteiger partial charge in [0.15, 0.2) is 0 Å². The van der Waals surface area contributed by atoms with Gasteiger partial charge in [-0.05, 0) is 67.1 Å². The van der Waals surface area contributed by atoms with Crippen LogP contribution in [0.4, 0.5) is 5.69 Å². The molecular weight excluding hydrogens is 430 g/mol. The number of carbonyl (C=O) groups excluding carboxylic acids is 2. The quantitative estimate of drug-likeness (QED) is 0.233. The molecular formula is C28H23NO5. The minimum Gasteiger partial charge on any atom is -0.507 e. The number of fused-ring (bicyclic) bond motifs is 1. The van der Waals surface area contributed by atoms with Gasteiger partial charge in [-0.15, -0.1) is 0 Å². The predicted octanol–water partition coefficient (Wildman–Crippen LogP) is 5.85. The topological polar surface area (TPSA) is 80.0 Å². The van der Waals surface area contributed by atoms with Crippen LogP contribution in [0.1, 0.15) is 31.2 Å². The molecule has 0 bridgehead atoms. The summed E-state index contributed by atoms with van der Waals surface area (Å²) in [5.41, 5.74) is 0.934. The van der Waals surface area contributed by atoms with Gasteiger partial charge in [0.2, 0.25) is 0 Å². The molecule has 2 heterocycles. The van der Waals surface area contributed by atoms with Gasteiger partial charge >= 0.3 is 0 Å².